The number of hydrogen-bond donors (Lipinski definition) is 1. The lowest BCUT2D eigenvalue weighted by molar-refractivity contribution is 0.0696. The Labute approximate surface area is 169 Å². The maximum atomic E-state index is 15.4. The fourth-order valence-electron chi connectivity index (χ4n) is 3.61. The van der Waals surface area contributed by atoms with E-state index in [9.17, 15) is 4.79 Å². The number of allylic oxidation sites excluding steroid dienone is 1. The van der Waals surface area contributed by atoms with Crippen molar-refractivity contribution in [1.29, 1.82) is 0 Å². The van der Waals surface area contributed by atoms with Gasteiger partial charge >= 0.3 is 5.97 Å². The molecule has 0 atom stereocenters. The van der Waals surface area contributed by atoms with Crippen molar-refractivity contribution in [1.82, 2.24) is 0 Å². The molecule has 0 unspecified atom stereocenters. The van der Waals surface area contributed by atoms with Crippen LogP contribution in [0.1, 0.15) is 59.8 Å². The van der Waals surface area contributed by atoms with E-state index in [1.165, 1.54) is 35.8 Å². The zero-order valence-electron chi connectivity index (χ0n) is 16.9. The van der Waals surface area contributed by atoms with Crippen molar-refractivity contribution in [2.75, 3.05) is 12.9 Å². The number of ether oxygens (including phenoxy) is 1. The molecule has 0 bridgehead atoms. The third-order valence-electron chi connectivity index (χ3n) is 5.46. The minimum absolute atomic E-state index is 0.0562. The molecule has 0 fully saturated rings. The first-order chi connectivity index (χ1) is 13.2. The Balaban J connectivity index is 2.14. The predicted octanol–water partition coefficient (Wildman–Crippen LogP) is 6.33. The molecule has 0 saturated carbocycles. The van der Waals surface area contributed by atoms with E-state index in [2.05, 4.69) is 26.0 Å². The number of aryl methyl sites for hydroxylation is 1. The van der Waals surface area contributed by atoms with Gasteiger partial charge in [0, 0.05) is 4.90 Å². The number of carboxylic acid groups (broad SMARTS) is 1. The van der Waals surface area contributed by atoms with Gasteiger partial charge < -0.3 is 9.84 Å². The quantitative estimate of drug-likeness (QED) is 0.609. The van der Waals surface area contributed by atoms with Crippen molar-refractivity contribution in [2.24, 2.45) is 0 Å². The molecule has 0 spiro atoms. The van der Waals surface area contributed by atoms with Crippen LogP contribution in [0.3, 0.4) is 0 Å². The van der Waals surface area contributed by atoms with Crippen LogP contribution >= 0.6 is 11.8 Å². The largest absolute Gasteiger partial charge is 0.496 e. The van der Waals surface area contributed by atoms with E-state index in [0.717, 1.165) is 23.3 Å². The van der Waals surface area contributed by atoms with E-state index in [-0.39, 0.29) is 22.3 Å². The fourth-order valence-corrected chi connectivity index (χ4v) is 5.19. The standard InChI is InChI=1S/C23H25FO3S/c1-13-10-20-18(23(3,4)8-9-28-20)12-17(13)14(2)21(24)16-7-6-15(22(25)26)11-19(16)27-5/h6-7,10-12H,8-9H2,1-5H3,(H,25,26)/b21-14+. The van der Waals surface area contributed by atoms with E-state index in [0.29, 0.717) is 5.57 Å². The molecule has 0 aliphatic carbocycles. The maximum Gasteiger partial charge on any atom is 0.335 e. The molecule has 2 aromatic carbocycles. The number of hydrogen-bond acceptors (Lipinski definition) is 3. The Morgan fingerprint density at radius 1 is 1.21 bits per heavy atom. The van der Waals surface area contributed by atoms with Gasteiger partial charge in [-0.05, 0) is 84.0 Å². The van der Waals surface area contributed by atoms with Crippen LogP contribution in [0.15, 0.2) is 35.2 Å². The number of carboxylic acids is 1. The molecule has 0 amide bonds. The lowest BCUT2D eigenvalue weighted by Crippen LogP contribution is -2.23. The van der Waals surface area contributed by atoms with E-state index in [1.807, 2.05) is 18.7 Å². The number of aromatic carboxylic acids is 1. The maximum absolute atomic E-state index is 15.4. The van der Waals surface area contributed by atoms with E-state index < -0.39 is 11.8 Å². The van der Waals surface area contributed by atoms with E-state index in [1.54, 1.807) is 6.92 Å². The Bertz CT molecular complexity index is 976. The predicted molar refractivity (Wildman–Crippen MR) is 113 cm³/mol. The summed E-state index contributed by atoms with van der Waals surface area (Å²) in [4.78, 5) is 12.5. The second-order valence-corrected chi connectivity index (χ2v) is 8.94. The summed E-state index contributed by atoms with van der Waals surface area (Å²) in [5.74, 6) is -0.174. The van der Waals surface area contributed by atoms with E-state index in [4.69, 9.17) is 9.84 Å². The van der Waals surface area contributed by atoms with Crippen LogP contribution in [0, 0.1) is 6.92 Å². The van der Waals surface area contributed by atoms with Crippen LogP contribution in [-0.2, 0) is 5.41 Å². The molecule has 3 nitrogen and oxygen atoms in total. The Kier molecular flexibility index (Phi) is 5.57. The van der Waals surface area contributed by atoms with Crippen LogP contribution in [0.25, 0.3) is 11.4 Å². The van der Waals surface area contributed by atoms with Gasteiger partial charge in [-0.15, -0.1) is 11.8 Å². The first-order valence-electron chi connectivity index (χ1n) is 9.22. The second kappa shape index (κ2) is 7.63. The topological polar surface area (TPSA) is 46.5 Å². The molecular weight excluding hydrogens is 375 g/mol. The summed E-state index contributed by atoms with van der Waals surface area (Å²) < 4.78 is 20.7. The van der Waals surface area contributed by atoms with Gasteiger partial charge in [-0.25, -0.2) is 9.18 Å². The molecule has 0 aromatic heterocycles. The van der Waals surface area contributed by atoms with Gasteiger partial charge in [0.05, 0.1) is 18.2 Å². The molecule has 148 valence electrons. The van der Waals surface area contributed by atoms with Crippen molar-refractivity contribution in [2.45, 2.75) is 44.4 Å². The number of rotatable bonds is 4. The van der Waals surface area contributed by atoms with Crippen molar-refractivity contribution in [3.05, 3.63) is 58.1 Å². The highest BCUT2D eigenvalue weighted by Gasteiger charge is 2.29. The van der Waals surface area contributed by atoms with Gasteiger partial charge in [-0.1, -0.05) is 13.8 Å². The smallest absolute Gasteiger partial charge is 0.335 e. The summed E-state index contributed by atoms with van der Waals surface area (Å²) in [6, 6.07) is 8.48. The third-order valence-corrected chi connectivity index (χ3v) is 6.52. The first kappa shape index (κ1) is 20.5. The summed E-state index contributed by atoms with van der Waals surface area (Å²) in [5, 5.41) is 9.16. The highest BCUT2D eigenvalue weighted by atomic mass is 32.2. The van der Waals surface area contributed by atoms with Gasteiger partial charge in [0.2, 0.25) is 0 Å². The molecule has 1 N–H and O–H groups in total. The number of methoxy groups -OCH3 is 1. The van der Waals surface area contributed by atoms with Crippen molar-refractivity contribution in [3.63, 3.8) is 0 Å². The number of carbonyl (C=O) groups is 1. The number of thioether (sulfide) groups is 1. The Morgan fingerprint density at radius 2 is 1.93 bits per heavy atom. The number of benzene rings is 2. The minimum Gasteiger partial charge on any atom is -0.496 e. The monoisotopic (exact) mass is 400 g/mol. The summed E-state index contributed by atoms with van der Waals surface area (Å²) >= 11 is 1.86. The van der Waals surface area contributed by atoms with Gasteiger partial charge in [-0.3, -0.25) is 0 Å². The van der Waals surface area contributed by atoms with E-state index >= 15 is 4.39 Å². The Morgan fingerprint density at radius 3 is 2.57 bits per heavy atom. The van der Waals surface area contributed by atoms with Crippen LogP contribution in [0.2, 0.25) is 0 Å². The molecule has 2 aromatic rings. The third kappa shape index (κ3) is 3.68. The van der Waals surface area contributed by atoms with Crippen LogP contribution in [0.5, 0.6) is 5.75 Å². The molecule has 28 heavy (non-hydrogen) atoms. The molecule has 3 rings (SSSR count). The summed E-state index contributed by atoms with van der Waals surface area (Å²) in [5.41, 5.74) is 4.05. The molecule has 1 aliphatic heterocycles. The zero-order valence-corrected chi connectivity index (χ0v) is 17.7. The minimum atomic E-state index is -1.07. The van der Waals surface area contributed by atoms with Gasteiger partial charge in [0.1, 0.15) is 11.6 Å². The molecule has 0 radical (unpaired) electrons. The van der Waals surface area contributed by atoms with Crippen molar-refractivity contribution >= 4 is 29.1 Å². The van der Waals surface area contributed by atoms with Gasteiger partial charge in [0.25, 0.3) is 0 Å². The summed E-state index contributed by atoms with van der Waals surface area (Å²) in [7, 11) is 1.41. The normalized spacial score (nSPS) is 16.2. The lowest BCUT2D eigenvalue weighted by Gasteiger charge is -2.33. The van der Waals surface area contributed by atoms with Crippen molar-refractivity contribution in [3.8, 4) is 5.75 Å². The molecule has 5 heteroatoms. The zero-order chi connectivity index (χ0) is 20.6. The highest BCUT2D eigenvalue weighted by molar-refractivity contribution is 7.99. The van der Waals surface area contributed by atoms with Crippen molar-refractivity contribution < 1.29 is 19.0 Å². The molecule has 1 aliphatic rings. The summed E-state index contributed by atoms with van der Waals surface area (Å²) in [6.45, 7) is 8.22. The number of halogens is 1. The first-order valence-corrected chi connectivity index (χ1v) is 10.2. The fraction of sp³-hybridized carbons (Fsp3) is 0.348. The van der Waals surface area contributed by atoms with Crippen LogP contribution in [-0.4, -0.2) is 23.9 Å². The summed E-state index contributed by atoms with van der Waals surface area (Å²) in [6.07, 6.45) is 1.09. The molecule has 0 saturated heterocycles. The van der Waals surface area contributed by atoms with Gasteiger partial charge in [-0.2, -0.15) is 0 Å². The number of fused-ring (bicyclic) bond motifs is 1. The molecule has 1 heterocycles. The second-order valence-electron chi connectivity index (χ2n) is 7.80. The SMILES string of the molecule is COc1cc(C(=O)O)ccc1/C(F)=C(/C)c1cc2c(cc1C)SCCC2(C)C. The average Bonchev–Trinajstić information content (AvgIpc) is 2.65. The van der Waals surface area contributed by atoms with Crippen LogP contribution < -0.4 is 4.74 Å². The van der Waals surface area contributed by atoms with Crippen LogP contribution in [0.4, 0.5) is 4.39 Å². The Hall–Kier alpha value is -2.27. The highest BCUT2D eigenvalue weighted by Crippen LogP contribution is 2.44. The molecular formula is C23H25FO3S. The lowest BCUT2D eigenvalue weighted by atomic mass is 9.80. The van der Waals surface area contributed by atoms with Gasteiger partial charge in [0.15, 0.2) is 0 Å². The average molecular weight is 401 g/mol.